The number of alkyl halides is 2. The van der Waals surface area contributed by atoms with Gasteiger partial charge in [-0.05, 0) is 24.3 Å². The maximum atomic E-state index is 12.5. The van der Waals surface area contributed by atoms with E-state index >= 15 is 0 Å². The normalized spacial score (nSPS) is 11.0. The minimum absolute atomic E-state index is 0.0396. The number of hydrogen-bond acceptors (Lipinski definition) is 7. The van der Waals surface area contributed by atoms with Crippen LogP contribution in [0.15, 0.2) is 53.2 Å². The van der Waals surface area contributed by atoms with Crippen molar-refractivity contribution in [2.45, 2.75) is 13.0 Å². The number of carbonyl (C=O) groups is 1. The number of anilines is 1. The van der Waals surface area contributed by atoms with Gasteiger partial charge in [-0.25, -0.2) is 9.48 Å². The van der Waals surface area contributed by atoms with E-state index in [4.69, 9.17) is 9.52 Å². The van der Waals surface area contributed by atoms with Gasteiger partial charge in [0.2, 0.25) is 5.89 Å². The molecule has 3 heterocycles. The molecular formula is C18H13F2N7O3. The maximum absolute atomic E-state index is 12.5. The van der Waals surface area contributed by atoms with Gasteiger partial charge in [0.25, 0.3) is 5.89 Å². The van der Waals surface area contributed by atoms with Crippen LogP contribution in [0.25, 0.3) is 22.7 Å². The largest absolute Gasteiger partial charge is 0.465 e. The first-order valence-electron chi connectivity index (χ1n) is 8.55. The highest BCUT2D eigenvalue weighted by Crippen LogP contribution is 2.23. The number of benzene rings is 1. The minimum Gasteiger partial charge on any atom is -0.465 e. The molecule has 0 saturated heterocycles. The van der Waals surface area contributed by atoms with E-state index in [2.05, 4.69) is 30.8 Å². The zero-order valence-electron chi connectivity index (χ0n) is 15.1. The van der Waals surface area contributed by atoms with Crippen LogP contribution in [0.3, 0.4) is 0 Å². The van der Waals surface area contributed by atoms with Crippen molar-refractivity contribution >= 4 is 11.8 Å². The predicted octanol–water partition coefficient (Wildman–Crippen LogP) is 3.47. The summed E-state index contributed by atoms with van der Waals surface area (Å²) in [6, 6.07) is 10.1. The fraction of sp³-hybridized carbons (Fsp3) is 0.111. The Kier molecular flexibility index (Phi) is 5.11. The average molecular weight is 413 g/mol. The summed E-state index contributed by atoms with van der Waals surface area (Å²) in [5.41, 5.74) is 2.74. The molecule has 0 saturated carbocycles. The van der Waals surface area contributed by atoms with Gasteiger partial charge in [-0.1, -0.05) is 17.3 Å². The van der Waals surface area contributed by atoms with E-state index in [1.807, 2.05) is 0 Å². The van der Waals surface area contributed by atoms with Crippen LogP contribution >= 0.6 is 0 Å². The second-order valence-electron chi connectivity index (χ2n) is 6.10. The van der Waals surface area contributed by atoms with Crippen LogP contribution in [0.5, 0.6) is 0 Å². The molecule has 12 heteroatoms. The van der Waals surface area contributed by atoms with Gasteiger partial charge in [0, 0.05) is 17.4 Å². The number of pyridine rings is 1. The molecule has 0 atom stereocenters. The number of amides is 1. The number of nitrogens with one attached hydrogen (secondary N) is 1. The van der Waals surface area contributed by atoms with Gasteiger partial charge in [0.15, 0.2) is 0 Å². The van der Waals surface area contributed by atoms with Crippen LogP contribution < -0.4 is 5.32 Å². The number of aromatic nitrogens is 6. The standard InChI is InChI=1S/C18H13F2N7O3/c19-15(20)17-25-24-16(30-17)11-4-5-13(21-7-11)8-27-9-14(23-26-27)10-2-1-3-12(6-10)22-18(28)29/h1-7,9,15,22H,8H2,(H,28,29). The van der Waals surface area contributed by atoms with Gasteiger partial charge in [0.05, 0.1) is 24.0 Å². The number of carboxylic acid groups (broad SMARTS) is 1. The highest BCUT2D eigenvalue weighted by molar-refractivity contribution is 5.84. The Hall–Kier alpha value is -4.22. The smallest absolute Gasteiger partial charge is 0.409 e. The van der Waals surface area contributed by atoms with Crippen LogP contribution in [0.1, 0.15) is 18.0 Å². The molecule has 0 fully saturated rings. The molecule has 0 spiro atoms. The molecule has 30 heavy (non-hydrogen) atoms. The molecule has 3 aromatic heterocycles. The molecule has 1 aromatic carbocycles. The highest BCUT2D eigenvalue weighted by atomic mass is 19.3. The lowest BCUT2D eigenvalue weighted by atomic mass is 10.1. The van der Waals surface area contributed by atoms with Crippen molar-refractivity contribution in [2.24, 2.45) is 0 Å². The van der Waals surface area contributed by atoms with Crippen molar-refractivity contribution in [2.75, 3.05) is 5.32 Å². The predicted molar refractivity (Wildman–Crippen MR) is 98.7 cm³/mol. The molecule has 0 aliphatic carbocycles. The van der Waals surface area contributed by atoms with E-state index in [0.29, 0.717) is 34.7 Å². The van der Waals surface area contributed by atoms with Gasteiger partial charge in [-0.15, -0.1) is 15.3 Å². The molecule has 1 amide bonds. The first-order valence-corrected chi connectivity index (χ1v) is 8.55. The van der Waals surface area contributed by atoms with Gasteiger partial charge < -0.3 is 9.52 Å². The molecule has 0 radical (unpaired) electrons. The molecule has 0 unspecified atom stereocenters. The summed E-state index contributed by atoms with van der Waals surface area (Å²) in [5, 5.41) is 26.1. The molecule has 10 nitrogen and oxygen atoms in total. The summed E-state index contributed by atoms with van der Waals surface area (Å²) in [7, 11) is 0. The monoisotopic (exact) mass is 413 g/mol. The Morgan fingerprint density at radius 2 is 2.03 bits per heavy atom. The third-order valence-electron chi connectivity index (χ3n) is 3.97. The Morgan fingerprint density at radius 1 is 1.17 bits per heavy atom. The molecule has 2 N–H and O–H groups in total. The van der Waals surface area contributed by atoms with Crippen molar-refractivity contribution in [1.82, 2.24) is 30.2 Å². The fourth-order valence-electron chi connectivity index (χ4n) is 2.64. The fourth-order valence-corrected chi connectivity index (χ4v) is 2.64. The molecule has 0 bridgehead atoms. The van der Waals surface area contributed by atoms with Crippen LogP contribution in [-0.2, 0) is 6.54 Å². The average Bonchev–Trinajstić information content (AvgIpc) is 3.38. The van der Waals surface area contributed by atoms with Gasteiger partial charge >= 0.3 is 12.5 Å². The van der Waals surface area contributed by atoms with E-state index in [1.54, 1.807) is 47.3 Å². The van der Waals surface area contributed by atoms with Crippen molar-refractivity contribution in [1.29, 1.82) is 0 Å². The van der Waals surface area contributed by atoms with Gasteiger partial charge in [0.1, 0.15) is 5.69 Å². The Bertz CT molecular complexity index is 1170. The summed E-state index contributed by atoms with van der Waals surface area (Å²) < 4.78 is 31.6. The third kappa shape index (κ3) is 4.27. The molecule has 0 aliphatic heterocycles. The highest BCUT2D eigenvalue weighted by Gasteiger charge is 2.17. The second-order valence-corrected chi connectivity index (χ2v) is 6.10. The van der Waals surface area contributed by atoms with Crippen molar-refractivity contribution in [3.8, 4) is 22.7 Å². The van der Waals surface area contributed by atoms with Crippen molar-refractivity contribution in [3.63, 3.8) is 0 Å². The summed E-state index contributed by atoms with van der Waals surface area (Å²) in [4.78, 5) is 15.0. The summed E-state index contributed by atoms with van der Waals surface area (Å²) in [5.74, 6) is -0.783. The minimum atomic E-state index is -2.83. The SMILES string of the molecule is O=C(O)Nc1cccc(-c2cn(Cc3ccc(-c4nnc(C(F)F)o4)cn3)nn2)c1. The summed E-state index contributed by atoms with van der Waals surface area (Å²) in [6.45, 7) is 0.312. The van der Waals surface area contributed by atoms with E-state index in [1.165, 1.54) is 6.20 Å². The number of rotatable bonds is 6. The van der Waals surface area contributed by atoms with Crippen LogP contribution in [0, 0.1) is 0 Å². The molecule has 4 aromatic rings. The lowest BCUT2D eigenvalue weighted by Crippen LogP contribution is -2.06. The Balaban J connectivity index is 1.46. The first-order chi connectivity index (χ1) is 14.5. The molecule has 4 rings (SSSR count). The Labute approximate surface area is 167 Å². The molecule has 0 aliphatic rings. The topological polar surface area (TPSA) is 132 Å². The van der Waals surface area contributed by atoms with Crippen molar-refractivity contribution in [3.05, 3.63) is 60.4 Å². The second kappa shape index (κ2) is 8.03. The van der Waals surface area contributed by atoms with Crippen LogP contribution in [-0.4, -0.2) is 41.4 Å². The summed E-state index contributed by atoms with van der Waals surface area (Å²) >= 11 is 0. The van der Waals surface area contributed by atoms with Gasteiger partial charge in [-0.3, -0.25) is 10.3 Å². The van der Waals surface area contributed by atoms with Crippen LogP contribution in [0.2, 0.25) is 0 Å². The van der Waals surface area contributed by atoms with Gasteiger partial charge in [-0.2, -0.15) is 8.78 Å². The molecular weight excluding hydrogens is 400 g/mol. The lowest BCUT2D eigenvalue weighted by molar-refractivity contribution is 0.116. The number of halogens is 2. The molecule has 152 valence electrons. The van der Waals surface area contributed by atoms with E-state index in [9.17, 15) is 13.6 Å². The zero-order chi connectivity index (χ0) is 21.1. The van der Waals surface area contributed by atoms with Crippen molar-refractivity contribution < 1.29 is 23.1 Å². The van der Waals surface area contributed by atoms with E-state index < -0.39 is 18.4 Å². The zero-order valence-corrected chi connectivity index (χ0v) is 15.1. The van der Waals surface area contributed by atoms with E-state index in [-0.39, 0.29) is 5.89 Å². The number of nitrogens with zero attached hydrogens (tertiary/aromatic N) is 6. The summed E-state index contributed by atoms with van der Waals surface area (Å²) in [6.07, 6.45) is -0.851. The Morgan fingerprint density at radius 3 is 2.73 bits per heavy atom. The van der Waals surface area contributed by atoms with E-state index in [0.717, 1.165) is 0 Å². The first kappa shape index (κ1) is 19.1. The quantitative estimate of drug-likeness (QED) is 0.491. The van der Waals surface area contributed by atoms with Crippen LogP contribution in [0.4, 0.5) is 19.3 Å². The number of hydrogen-bond donors (Lipinski definition) is 2. The maximum Gasteiger partial charge on any atom is 0.409 e. The third-order valence-corrected chi connectivity index (χ3v) is 3.97. The lowest BCUT2D eigenvalue weighted by Gasteiger charge is -2.02.